The number of nitrogens with one attached hydrogen (secondary N) is 3. The van der Waals surface area contributed by atoms with Gasteiger partial charge in [-0.15, -0.1) is 0 Å². The first-order valence-corrected chi connectivity index (χ1v) is 13.6. The molecule has 3 aliphatic heterocycles. The fourth-order valence-corrected chi connectivity index (χ4v) is 6.22. The van der Waals surface area contributed by atoms with E-state index in [9.17, 15) is 19.6 Å². The van der Waals surface area contributed by atoms with Crippen molar-refractivity contribution in [3.05, 3.63) is 29.3 Å². The Labute approximate surface area is 226 Å². The van der Waals surface area contributed by atoms with Crippen LogP contribution in [0.3, 0.4) is 0 Å². The Morgan fingerprint density at radius 3 is 2.66 bits per heavy atom. The number of rotatable bonds is 9. The second-order valence-electron chi connectivity index (χ2n) is 11.0. The number of hydrogen-bond donors (Lipinski definition) is 3. The van der Waals surface area contributed by atoms with E-state index in [0.29, 0.717) is 36.5 Å². The molecule has 0 spiro atoms. The molecule has 0 aromatic heterocycles. The number of carbonyl (C=O) groups excluding carboxylic acids is 3. The molecular formula is C27H34ClF2N5O3. The molecular weight excluding hydrogens is 516 g/mol. The summed E-state index contributed by atoms with van der Waals surface area (Å²) < 4.78 is 30.2. The van der Waals surface area contributed by atoms with Crippen LogP contribution < -0.4 is 16.0 Å². The number of halogens is 3. The van der Waals surface area contributed by atoms with E-state index in [1.165, 1.54) is 4.90 Å². The molecule has 2 bridgehead atoms. The summed E-state index contributed by atoms with van der Waals surface area (Å²) in [7, 11) is 0. The van der Waals surface area contributed by atoms with Gasteiger partial charge in [0.25, 0.3) is 5.92 Å². The lowest BCUT2D eigenvalue weighted by atomic mass is 9.71. The lowest BCUT2D eigenvalue weighted by Gasteiger charge is -2.54. The van der Waals surface area contributed by atoms with Crippen molar-refractivity contribution in [1.29, 1.82) is 5.26 Å². The van der Waals surface area contributed by atoms with E-state index in [1.807, 2.05) is 19.9 Å². The van der Waals surface area contributed by atoms with E-state index < -0.39 is 60.2 Å². The lowest BCUT2D eigenvalue weighted by Crippen LogP contribution is -2.70. The van der Waals surface area contributed by atoms with Crippen molar-refractivity contribution < 1.29 is 23.2 Å². The number of carbonyl (C=O) groups is 3. The standard InChI is InChI=1S/C27H34ClF2N5O3/c1-15(2)10-22(33-18-5-3-4-17(28)12-18)26(38)35-20-6-7-21(27(29,30)13-20)23(35)25(37)34-19(14-31)11-16-8-9-32-24(16)36/h3-5,12,15-16,19-23,33H,6-11,13H2,1-2H3,(H,32,36)(H,34,37)/t16-,19-,20-,21-,22+,23+/m1/s1. The molecule has 11 heteroatoms. The Hall–Kier alpha value is -2.93. The van der Waals surface area contributed by atoms with E-state index in [4.69, 9.17) is 11.6 Å². The van der Waals surface area contributed by atoms with Crippen molar-refractivity contribution in [2.24, 2.45) is 17.8 Å². The van der Waals surface area contributed by atoms with E-state index >= 15 is 8.78 Å². The largest absolute Gasteiger partial charge is 0.374 e. The maximum Gasteiger partial charge on any atom is 0.255 e. The van der Waals surface area contributed by atoms with Crippen LogP contribution in [0.5, 0.6) is 0 Å². The van der Waals surface area contributed by atoms with Crippen molar-refractivity contribution in [3.8, 4) is 6.07 Å². The minimum atomic E-state index is -3.11. The van der Waals surface area contributed by atoms with Crippen molar-refractivity contribution in [2.75, 3.05) is 11.9 Å². The third-order valence-electron chi connectivity index (χ3n) is 7.78. The molecule has 3 saturated heterocycles. The minimum absolute atomic E-state index is 0.0888. The van der Waals surface area contributed by atoms with Crippen molar-refractivity contribution in [1.82, 2.24) is 15.5 Å². The summed E-state index contributed by atoms with van der Waals surface area (Å²) >= 11 is 6.12. The van der Waals surface area contributed by atoms with Gasteiger partial charge < -0.3 is 20.9 Å². The molecule has 8 nitrogen and oxygen atoms in total. The van der Waals surface area contributed by atoms with E-state index in [0.717, 1.165) is 0 Å². The number of nitrogens with zero attached hydrogens (tertiary/aromatic N) is 2. The zero-order chi connectivity index (χ0) is 27.6. The Balaban J connectivity index is 1.59. The van der Waals surface area contributed by atoms with Crippen LogP contribution in [0.4, 0.5) is 14.5 Å². The van der Waals surface area contributed by atoms with Crippen LogP contribution in [0, 0.1) is 29.1 Å². The van der Waals surface area contributed by atoms with Gasteiger partial charge in [0.1, 0.15) is 18.1 Å². The van der Waals surface area contributed by atoms with Crippen LogP contribution >= 0.6 is 11.6 Å². The Kier molecular flexibility index (Phi) is 8.46. The van der Waals surface area contributed by atoms with Gasteiger partial charge in [-0.05, 0) is 56.2 Å². The van der Waals surface area contributed by atoms with Gasteiger partial charge in [0, 0.05) is 35.6 Å². The van der Waals surface area contributed by atoms with Crippen LogP contribution in [0.1, 0.15) is 52.4 Å². The molecule has 1 aromatic rings. The fraction of sp³-hybridized carbons (Fsp3) is 0.630. The number of amides is 3. The molecule has 1 saturated carbocycles. The number of hydrogen-bond acceptors (Lipinski definition) is 5. The summed E-state index contributed by atoms with van der Waals surface area (Å²) in [6.45, 7) is 4.40. The van der Waals surface area contributed by atoms with Crippen LogP contribution in [0.15, 0.2) is 24.3 Å². The maximum atomic E-state index is 15.1. The molecule has 0 unspecified atom stereocenters. The van der Waals surface area contributed by atoms with Crippen LogP contribution in [-0.4, -0.2) is 59.3 Å². The Bertz CT molecular complexity index is 1110. The van der Waals surface area contributed by atoms with Crippen molar-refractivity contribution >= 4 is 35.0 Å². The molecule has 5 rings (SSSR count). The van der Waals surface area contributed by atoms with Crippen LogP contribution in [0.25, 0.3) is 0 Å². The van der Waals surface area contributed by atoms with Gasteiger partial charge >= 0.3 is 0 Å². The summed E-state index contributed by atoms with van der Waals surface area (Å²) in [6, 6.07) is 4.89. The predicted octanol–water partition coefficient (Wildman–Crippen LogP) is 3.72. The third-order valence-corrected chi connectivity index (χ3v) is 8.02. The first kappa shape index (κ1) is 28.1. The summed E-state index contributed by atoms with van der Waals surface area (Å²) in [5.41, 5.74) is 0.615. The second-order valence-corrected chi connectivity index (χ2v) is 11.5. The van der Waals surface area contributed by atoms with Crippen molar-refractivity contribution in [2.45, 2.75) is 82.5 Å². The smallest absolute Gasteiger partial charge is 0.255 e. The highest BCUT2D eigenvalue weighted by atomic mass is 35.5. The van der Waals surface area contributed by atoms with Gasteiger partial charge in [0.2, 0.25) is 17.7 Å². The Morgan fingerprint density at radius 2 is 2.05 bits per heavy atom. The highest BCUT2D eigenvalue weighted by Crippen LogP contribution is 2.49. The third kappa shape index (κ3) is 6.04. The average molecular weight is 550 g/mol. The number of benzene rings is 1. The normalized spacial score (nSPS) is 27.4. The summed E-state index contributed by atoms with van der Waals surface area (Å²) in [5, 5.41) is 18.6. The summed E-state index contributed by atoms with van der Waals surface area (Å²) in [5.74, 6) is -6.18. The number of alkyl halides is 2. The average Bonchev–Trinajstić information content (AvgIpc) is 3.25. The van der Waals surface area contributed by atoms with E-state index in [2.05, 4.69) is 16.0 Å². The number of piperidine rings is 2. The fourth-order valence-electron chi connectivity index (χ4n) is 6.03. The van der Waals surface area contributed by atoms with Gasteiger partial charge in [0.05, 0.1) is 12.0 Å². The number of fused-ring (bicyclic) bond motifs is 3. The lowest BCUT2D eigenvalue weighted by molar-refractivity contribution is -0.194. The SMILES string of the molecule is CC(C)C[C@H](Nc1cccc(Cl)c1)C(=O)N1[C@@H]2CC[C@H]([C@H]1C(=O)N[C@@H](C#N)C[C@H]1CCNC1=O)C(F)(F)C2. The zero-order valence-corrected chi connectivity index (χ0v) is 22.3. The molecule has 38 heavy (non-hydrogen) atoms. The summed E-state index contributed by atoms with van der Waals surface area (Å²) in [4.78, 5) is 40.9. The van der Waals surface area contributed by atoms with Gasteiger partial charge in [-0.2, -0.15) is 5.26 Å². The van der Waals surface area contributed by atoms with Crippen LogP contribution in [-0.2, 0) is 14.4 Å². The molecule has 6 atom stereocenters. The van der Waals surface area contributed by atoms with Gasteiger partial charge in [-0.3, -0.25) is 14.4 Å². The van der Waals surface area contributed by atoms with E-state index in [-0.39, 0.29) is 24.7 Å². The quantitative estimate of drug-likeness (QED) is 0.434. The molecule has 4 aliphatic rings. The molecule has 0 radical (unpaired) electrons. The zero-order valence-electron chi connectivity index (χ0n) is 21.6. The highest BCUT2D eigenvalue weighted by Gasteiger charge is 2.61. The topological polar surface area (TPSA) is 114 Å². The molecule has 3 heterocycles. The molecule has 1 aromatic carbocycles. The minimum Gasteiger partial charge on any atom is -0.374 e. The highest BCUT2D eigenvalue weighted by molar-refractivity contribution is 6.30. The molecule has 206 valence electrons. The van der Waals surface area contributed by atoms with Crippen molar-refractivity contribution in [3.63, 3.8) is 0 Å². The first-order valence-electron chi connectivity index (χ1n) is 13.2. The maximum absolute atomic E-state index is 15.1. The molecule has 1 aliphatic carbocycles. The number of anilines is 1. The monoisotopic (exact) mass is 549 g/mol. The van der Waals surface area contributed by atoms with E-state index in [1.54, 1.807) is 24.3 Å². The van der Waals surface area contributed by atoms with Gasteiger partial charge in [-0.1, -0.05) is 31.5 Å². The van der Waals surface area contributed by atoms with Gasteiger partial charge in [0.15, 0.2) is 0 Å². The molecule has 4 fully saturated rings. The second kappa shape index (κ2) is 11.4. The first-order chi connectivity index (χ1) is 18.0. The summed E-state index contributed by atoms with van der Waals surface area (Å²) in [6.07, 6.45) is 1.04. The molecule has 3 N–H and O–H groups in total. The Morgan fingerprint density at radius 1 is 1.29 bits per heavy atom. The predicted molar refractivity (Wildman–Crippen MR) is 138 cm³/mol. The van der Waals surface area contributed by atoms with Gasteiger partial charge in [-0.25, -0.2) is 8.78 Å². The van der Waals surface area contributed by atoms with Crippen LogP contribution in [0.2, 0.25) is 5.02 Å². The molecule has 3 amide bonds. The number of nitriles is 1.